The van der Waals surface area contributed by atoms with Crippen molar-refractivity contribution >= 4 is 16.5 Å². The highest BCUT2D eigenvalue weighted by Gasteiger charge is 1.95. The van der Waals surface area contributed by atoms with Gasteiger partial charge in [-0.3, -0.25) is 0 Å². The lowest BCUT2D eigenvalue weighted by molar-refractivity contribution is 1.01. The average molecular weight is 218 g/mol. The first-order valence-electron chi connectivity index (χ1n) is 5.03. The van der Waals surface area contributed by atoms with Crippen LogP contribution in [0.15, 0.2) is 35.8 Å². The molecule has 78 valence electrons. The van der Waals surface area contributed by atoms with Crippen molar-refractivity contribution in [1.29, 1.82) is 0 Å². The molecule has 0 aliphatic carbocycles. The molecule has 0 saturated carbocycles. The fourth-order valence-electron chi connectivity index (χ4n) is 1.49. The van der Waals surface area contributed by atoms with Crippen LogP contribution in [0.1, 0.15) is 11.1 Å². The Bertz CT molecular complexity index is 409. The summed E-state index contributed by atoms with van der Waals surface area (Å²) in [5.74, 6) is 0. The van der Waals surface area contributed by atoms with E-state index in [9.17, 15) is 0 Å². The summed E-state index contributed by atoms with van der Waals surface area (Å²) >= 11 is 1.64. The predicted octanol–water partition coefficient (Wildman–Crippen LogP) is 3.11. The number of nitrogens with zero attached hydrogens (tertiary/aromatic N) is 1. The van der Waals surface area contributed by atoms with E-state index in [2.05, 4.69) is 41.5 Å². The molecule has 1 aromatic heterocycles. The molecule has 0 fully saturated rings. The van der Waals surface area contributed by atoms with Gasteiger partial charge in [0, 0.05) is 18.1 Å². The first-order chi connectivity index (χ1) is 7.34. The van der Waals surface area contributed by atoms with E-state index in [4.69, 9.17) is 0 Å². The summed E-state index contributed by atoms with van der Waals surface area (Å²) < 4.78 is 0. The Kier molecular flexibility index (Phi) is 3.35. The van der Waals surface area contributed by atoms with Gasteiger partial charge in [-0.2, -0.15) is 0 Å². The van der Waals surface area contributed by atoms with Gasteiger partial charge in [0.1, 0.15) is 0 Å². The summed E-state index contributed by atoms with van der Waals surface area (Å²) in [6.45, 7) is 3.06. The van der Waals surface area contributed by atoms with E-state index in [0.29, 0.717) is 0 Å². The topological polar surface area (TPSA) is 24.9 Å². The highest BCUT2D eigenvalue weighted by Crippen LogP contribution is 2.10. The average Bonchev–Trinajstić information content (AvgIpc) is 2.71. The largest absolute Gasteiger partial charge is 0.361 e. The number of nitrogens with one attached hydrogen (secondary N) is 1. The minimum Gasteiger partial charge on any atom is -0.361 e. The first-order valence-corrected chi connectivity index (χ1v) is 5.91. The van der Waals surface area contributed by atoms with Gasteiger partial charge >= 0.3 is 0 Å². The van der Waals surface area contributed by atoms with Crippen LogP contribution in [0.4, 0.5) is 5.13 Å². The molecule has 3 heteroatoms. The number of aryl methyl sites for hydroxylation is 1. The van der Waals surface area contributed by atoms with E-state index in [1.807, 2.05) is 11.6 Å². The van der Waals surface area contributed by atoms with E-state index >= 15 is 0 Å². The lowest BCUT2D eigenvalue weighted by atomic mass is 10.1. The molecule has 0 aliphatic rings. The van der Waals surface area contributed by atoms with Crippen LogP contribution >= 0.6 is 11.3 Å². The van der Waals surface area contributed by atoms with E-state index < -0.39 is 0 Å². The molecule has 0 spiro atoms. The summed E-state index contributed by atoms with van der Waals surface area (Å²) in [6, 6.07) is 8.62. The van der Waals surface area contributed by atoms with Crippen molar-refractivity contribution in [2.45, 2.75) is 13.3 Å². The molecule has 1 aromatic carbocycles. The van der Waals surface area contributed by atoms with E-state index in [1.165, 1.54) is 11.1 Å². The maximum absolute atomic E-state index is 4.17. The third-order valence-electron chi connectivity index (χ3n) is 2.20. The Morgan fingerprint density at radius 3 is 3.07 bits per heavy atom. The summed E-state index contributed by atoms with van der Waals surface area (Å²) in [5.41, 5.74) is 2.70. The molecule has 0 aliphatic heterocycles. The Labute approximate surface area is 94.0 Å². The second-order valence-electron chi connectivity index (χ2n) is 3.50. The molecule has 1 heterocycles. The van der Waals surface area contributed by atoms with Crippen molar-refractivity contribution < 1.29 is 0 Å². The fourth-order valence-corrected chi connectivity index (χ4v) is 2.05. The van der Waals surface area contributed by atoms with Crippen molar-refractivity contribution in [2.24, 2.45) is 0 Å². The van der Waals surface area contributed by atoms with Gasteiger partial charge in [0.15, 0.2) is 5.13 Å². The SMILES string of the molecule is Cc1cccc(CCNc2nccs2)c1. The fraction of sp³-hybridized carbons (Fsp3) is 0.250. The second kappa shape index (κ2) is 4.94. The lowest BCUT2D eigenvalue weighted by Crippen LogP contribution is -2.04. The van der Waals surface area contributed by atoms with Gasteiger partial charge in [0.2, 0.25) is 0 Å². The summed E-state index contributed by atoms with van der Waals surface area (Å²) in [5, 5.41) is 6.28. The van der Waals surface area contributed by atoms with Gasteiger partial charge in [-0.05, 0) is 18.9 Å². The van der Waals surface area contributed by atoms with Crippen molar-refractivity contribution in [3.8, 4) is 0 Å². The molecule has 0 saturated heterocycles. The van der Waals surface area contributed by atoms with Crippen molar-refractivity contribution in [2.75, 3.05) is 11.9 Å². The summed E-state index contributed by atoms with van der Waals surface area (Å²) in [7, 11) is 0. The Morgan fingerprint density at radius 1 is 1.40 bits per heavy atom. The van der Waals surface area contributed by atoms with Crippen LogP contribution in [-0.2, 0) is 6.42 Å². The Balaban J connectivity index is 1.83. The number of anilines is 1. The molecule has 0 atom stereocenters. The van der Waals surface area contributed by atoms with Gasteiger partial charge in [-0.15, -0.1) is 11.3 Å². The van der Waals surface area contributed by atoms with Crippen LogP contribution in [0.25, 0.3) is 0 Å². The molecule has 0 radical (unpaired) electrons. The van der Waals surface area contributed by atoms with Crippen LogP contribution in [0, 0.1) is 6.92 Å². The third kappa shape index (κ3) is 3.06. The van der Waals surface area contributed by atoms with E-state index in [1.54, 1.807) is 11.3 Å². The number of hydrogen-bond acceptors (Lipinski definition) is 3. The highest BCUT2D eigenvalue weighted by atomic mass is 32.1. The van der Waals surface area contributed by atoms with Crippen molar-refractivity contribution in [1.82, 2.24) is 4.98 Å². The Hall–Kier alpha value is -1.35. The van der Waals surface area contributed by atoms with Gasteiger partial charge in [0.05, 0.1) is 0 Å². The highest BCUT2D eigenvalue weighted by molar-refractivity contribution is 7.13. The quantitative estimate of drug-likeness (QED) is 0.853. The number of benzene rings is 1. The molecule has 2 aromatic rings. The van der Waals surface area contributed by atoms with Crippen LogP contribution in [0.2, 0.25) is 0 Å². The molecule has 2 nitrogen and oxygen atoms in total. The second-order valence-corrected chi connectivity index (χ2v) is 4.40. The van der Waals surface area contributed by atoms with Gasteiger partial charge in [-0.25, -0.2) is 4.98 Å². The van der Waals surface area contributed by atoms with Crippen LogP contribution in [0.5, 0.6) is 0 Å². The lowest BCUT2D eigenvalue weighted by Gasteiger charge is -2.03. The number of hydrogen-bond donors (Lipinski definition) is 1. The molecular weight excluding hydrogens is 204 g/mol. The molecule has 1 N–H and O–H groups in total. The molecule has 0 unspecified atom stereocenters. The van der Waals surface area contributed by atoms with Gasteiger partial charge in [0.25, 0.3) is 0 Å². The standard InChI is InChI=1S/C12H14N2S/c1-10-3-2-4-11(9-10)5-6-13-12-14-7-8-15-12/h2-4,7-9H,5-6H2,1H3,(H,13,14). The first kappa shape index (κ1) is 10.2. The van der Waals surface area contributed by atoms with Crippen LogP contribution in [-0.4, -0.2) is 11.5 Å². The van der Waals surface area contributed by atoms with Gasteiger partial charge < -0.3 is 5.32 Å². The van der Waals surface area contributed by atoms with Crippen LogP contribution < -0.4 is 5.32 Å². The summed E-state index contributed by atoms with van der Waals surface area (Å²) in [6.07, 6.45) is 2.86. The predicted molar refractivity (Wildman–Crippen MR) is 65.5 cm³/mol. The Morgan fingerprint density at radius 2 is 2.33 bits per heavy atom. The smallest absolute Gasteiger partial charge is 0.182 e. The minimum absolute atomic E-state index is 0.941. The van der Waals surface area contributed by atoms with E-state index in [-0.39, 0.29) is 0 Å². The summed E-state index contributed by atoms with van der Waals surface area (Å²) in [4.78, 5) is 4.17. The zero-order chi connectivity index (χ0) is 10.5. The zero-order valence-corrected chi connectivity index (χ0v) is 9.55. The number of thiazole rings is 1. The minimum atomic E-state index is 0.941. The normalized spacial score (nSPS) is 10.2. The number of rotatable bonds is 4. The molecule has 0 bridgehead atoms. The maximum Gasteiger partial charge on any atom is 0.182 e. The van der Waals surface area contributed by atoms with Crippen molar-refractivity contribution in [3.63, 3.8) is 0 Å². The van der Waals surface area contributed by atoms with Crippen molar-refractivity contribution in [3.05, 3.63) is 47.0 Å². The van der Waals surface area contributed by atoms with E-state index in [0.717, 1.165) is 18.1 Å². The molecule has 2 rings (SSSR count). The molecule has 15 heavy (non-hydrogen) atoms. The molecular formula is C12H14N2S. The van der Waals surface area contributed by atoms with Crippen LogP contribution in [0.3, 0.4) is 0 Å². The monoisotopic (exact) mass is 218 g/mol. The van der Waals surface area contributed by atoms with Gasteiger partial charge in [-0.1, -0.05) is 29.8 Å². The maximum atomic E-state index is 4.17. The zero-order valence-electron chi connectivity index (χ0n) is 8.73. The molecule has 0 amide bonds. The number of aromatic nitrogens is 1. The third-order valence-corrected chi connectivity index (χ3v) is 2.94.